The van der Waals surface area contributed by atoms with Crippen molar-refractivity contribution in [3.05, 3.63) is 155 Å². The topological polar surface area (TPSA) is 44.1 Å². The Morgan fingerprint density at radius 3 is 1.87 bits per heavy atom. The van der Waals surface area contributed by atoms with Gasteiger partial charge in [0.15, 0.2) is 5.78 Å². The quantitative estimate of drug-likeness (QED) is 0.115. The Bertz CT molecular complexity index is 1400. The molecule has 1 aromatic heterocycles. The number of carbonyl (C=O) groups is 1. The van der Waals surface area contributed by atoms with Gasteiger partial charge >= 0.3 is 0 Å². The zero-order valence-corrected chi connectivity index (χ0v) is 21.9. The minimum absolute atomic E-state index is 0.0715. The molecule has 5 aromatic rings. The first-order valence-corrected chi connectivity index (χ1v) is 13.0. The van der Waals surface area contributed by atoms with Gasteiger partial charge in [-0.05, 0) is 67.1 Å². The molecule has 0 amide bonds. The minimum atomic E-state index is -0.554. The van der Waals surface area contributed by atoms with E-state index >= 15 is 0 Å². The van der Waals surface area contributed by atoms with Gasteiger partial charge < -0.3 is 9.30 Å². The number of ether oxygens (including phenoxy) is 1. The van der Waals surface area contributed by atoms with E-state index in [-0.39, 0.29) is 5.78 Å². The van der Waals surface area contributed by atoms with Crippen LogP contribution in [0.5, 0.6) is 5.75 Å². The van der Waals surface area contributed by atoms with Crippen LogP contribution in [0.4, 0.5) is 0 Å². The molecule has 0 bridgehead atoms. The molecule has 0 N–H and O–H groups in total. The lowest BCUT2D eigenvalue weighted by Crippen LogP contribution is -2.36. The van der Waals surface area contributed by atoms with Gasteiger partial charge in [0.2, 0.25) is 0 Å². The van der Waals surface area contributed by atoms with Crippen LogP contribution in [0.1, 0.15) is 51.7 Å². The molecule has 4 nitrogen and oxygen atoms in total. The molecule has 0 spiro atoms. The fourth-order valence-electron chi connectivity index (χ4n) is 5.23. The summed E-state index contributed by atoms with van der Waals surface area (Å²) in [7, 11) is 0. The smallest absolute Gasteiger partial charge is 0.160 e. The second kappa shape index (κ2) is 11.3. The number of nitrogens with zero attached hydrogens (tertiary/aromatic N) is 2. The molecule has 0 fully saturated rings. The third-order valence-corrected chi connectivity index (χ3v) is 7.02. The van der Waals surface area contributed by atoms with Crippen molar-refractivity contribution in [3.63, 3.8) is 0 Å². The molecule has 0 saturated heterocycles. The van der Waals surface area contributed by atoms with Crippen molar-refractivity contribution in [1.29, 1.82) is 0 Å². The SMILES string of the molecule is CC(=O)c1ccc(OCCCc2cn(C(c3ccccc3)(c3ccccc3)c3ccccc3)cn2)cc1C. The highest BCUT2D eigenvalue weighted by Crippen LogP contribution is 2.40. The van der Waals surface area contributed by atoms with Gasteiger partial charge in [-0.15, -0.1) is 0 Å². The lowest BCUT2D eigenvalue weighted by molar-refractivity contribution is 0.101. The highest BCUT2D eigenvalue weighted by atomic mass is 16.5. The van der Waals surface area contributed by atoms with Crippen LogP contribution in [0.15, 0.2) is 122 Å². The molecular weight excluding hydrogens is 468 g/mol. The number of Topliss-reactive ketones (excluding diaryl/α,β-unsaturated/α-hetero) is 1. The molecule has 0 aliphatic rings. The Labute approximate surface area is 224 Å². The molecular formula is C34H32N2O2. The zero-order valence-electron chi connectivity index (χ0n) is 21.9. The Kier molecular flexibility index (Phi) is 7.50. The molecule has 4 aromatic carbocycles. The molecule has 5 rings (SSSR count). The van der Waals surface area contributed by atoms with E-state index in [0.29, 0.717) is 6.61 Å². The maximum atomic E-state index is 11.7. The molecule has 190 valence electrons. The summed E-state index contributed by atoms with van der Waals surface area (Å²) in [6.07, 6.45) is 5.75. The first kappa shape index (κ1) is 25.2. The number of hydrogen-bond donors (Lipinski definition) is 0. The standard InChI is InChI=1S/C34H32N2O2/c1-26-23-32(20-21-33(26)27(2)37)38-22-12-19-31-24-36(25-35-31)34(28-13-6-3-7-14-28,29-15-8-4-9-16-29)30-17-10-5-11-18-30/h3-11,13-18,20-21,23-25H,12,19,22H2,1-2H3. The van der Waals surface area contributed by atoms with Crippen molar-refractivity contribution in [2.75, 3.05) is 6.61 Å². The van der Waals surface area contributed by atoms with Crippen LogP contribution in [0.25, 0.3) is 0 Å². The molecule has 1 heterocycles. The Morgan fingerprint density at radius 2 is 1.37 bits per heavy atom. The highest BCUT2D eigenvalue weighted by Gasteiger charge is 2.38. The predicted molar refractivity (Wildman–Crippen MR) is 152 cm³/mol. The summed E-state index contributed by atoms with van der Waals surface area (Å²) in [5.41, 5.74) is 5.66. The first-order chi connectivity index (χ1) is 18.6. The fourth-order valence-corrected chi connectivity index (χ4v) is 5.23. The van der Waals surface area contributed by atoms with Crippen LogP contribution in [0.2, 0.25) is 0 Å². The van der Waals surface area contributed by atoms with Gasteiger partial charge in [0.25, 0.3) is 0 Å². The maximum Gasteiger partial charge on any atom is 0.160 e. The van der Waals surface area contributed by atoms with Crippen LogP contribution in [0, 0.1) is 6.92 Å². The van der Waals surface area contributed by atoms with E-state index in [1.165, 1.54) is 16.7 Å². The summed E-state index contributed by atoms with van der Waals surface area (Å²) in [5, 5.41) is 0. The number of aromatic nitrogens is 2. The van der Waals surface area contributed by atoms with E-state index in [4.69, 9.17) is 9.72 Å². The Balaban J connectivity index is 1.41. The second-order valence-corrected chi connectivity index (χ2v) is 9.57. The van der Waals surface area contributed by atoms with Crippen molar-refractivity contribution in [1.82, 2.24) is 9.55 Å². The summed E-state index contributed by atoms with van der Waals surface area (Å²) in [4.78, 5) is 16.5. The van der Waals surface area contributed by atoms with Crippen molar-refractivity contribution >= 4 is 5.78 Å². The van der Waals surface area contributed by atoms with Crippen molar-refractivity contribution < 1.29 is 9.53 Å². The molecule has 0 saturated carbocycles. The number of carbonyl (C=O) groups excluding carboxylic acids is 1. The highest BCUT2D eigenvalue weighted by molar-refractivity contribution is 5.95. The number of aryl methyl sites for hydroxylation is 2. The third kappa shape index (κ3) is 5.03. The number of rotatable bonds is 10. The number of ketones is 1. The van der Waals surface area contributed by atoms with Crippen molar-refractivity contribution in [3.8, 4) is 5.75 Å². The van der Waals surface area contributed by atoms with Gasteiger partial charge in [-0.2, -0.15) is 0 Å². The van der Waals surface area contributed by atoms with Gasteiger partial charge in [0, 0.05) is 11.8 Å². The van der Waals surface area contributed by atoms with Crippen LogP contribution in [0.3, 0.4) is 0 Å². The molecule has 38 heavy (non-hydrogen) atoms. The van der Waals surface area contributed by atoms with Crippen LogP contribution in [-0.4, -0.2) is 21.9 Å². The molecule has 0 aliphatic carbocycles. The molecule has 0 unspecified atom stereocenters. The largest absolute Gasteiger partial charge is 0.494 e. The van der Waals surface area contributed by atoms with Crippen LogP contribution < -0.4 is 4.74 Å². The monoisotopic (exact) mass is 500 g/mol. The summed E-state index contributed by atoms with van der Waals surface area (Å²) in [5.74, 6) is 0.858. The summed E-state index contributed by atoms with van der Waals surface area (Å²) < 4.78 is 8.22. The molecule has 0 atom stereocenters. The van der Waals surface area contributed by atoms with E-state index in [1.807, 2.05) is 31.5 Å². The van der Waals surface area contributed by atoms with Gasteiger partial charge in [0.1, 0.15) is 11.3 Å². The Morgan fingerprint density at radius 1 is 0.816 bits per heavy atom. The summed E-state index contributed by atoms with van der Waals surface area (Å²) in [6.45, 7) is 4.10. The lowest BCUT2D eigenvalue weighted by Gasteiger charge is -2.37. The van der Waals surface area contributed by atoms with E-state index in [9.17, 15) is 4.79 Å². The molecule has 0 aliphatic heterocycles. The minimum Gasteiger partial charge on any atom is -0.494 e. The number of imidazole rings is 1. The van der Waals surface area contributed by atoms with E-state index in [1.54, 1.807) is 6.92 Å². The first-order valence-electron chi connectivity index (χ1n) is 13.0. The summed E-state index contributed by atoms with van der Waals surface area (Å²) in [6, 6.07) is 37.5. The second-order valence-electron chi connectivity index (χ2n) is 9.57. The van der Waals surface area contributed by atoms with Crippen LogP contribution in [-0.2, 0) is 12.0 Å². The van der Waals surface area contributed by atoms with Gasteiger partial charge in [-0.25, -0.2) is 4.98 Å². The normalized spacial score (nSPS) is 11.3. The average Bonchev–Trinajstić information content (AvgIpc) is 3.42. The van der Waals surface area contributed by atoms with Gasteiger partial charge in [-0.1, -0.05) is 91.0 Å². The molecule has 0 radical (unpaired) electrons. The van der Waals surface area contributed by atoms with E-state index in [2.05, 4.69) is 102 Å². The number of hydrogen-bond acceptors (Lipinski definition) is 3. The van der Waals surface area contributed by atoms with Gasteiger partial charge in [-0.3, -0.25) is 4.79 Å². The third-order valence-electron chi connectivity index (χ3n) is 7.02. The number of benzene rings is 4. The van der Waals surface area contributed by atoms with Gasteiger partial charge in [0.05, 0.1) is 18.6 Å². The summed E-state index contributed by atoms with van der Waals surface area (Å²) >= 11 is 0. The lowest BCUT2D eigenvalue weighted by atomic mass is 9.77. The molecule has 4 heteroatoms. The zero-order chi connectivity index (χ0) is 26.4. The predicted octanol–water partition coefficient (Wildman–Crippen LogP) is 7.25. The van der Waals surface area contributed by atoms with E-state index in [0.717, 1.165) is 35.4 Å². The van der Waals surface area contributed by atoms with Crippen molar-refractivity contribution in [2.45, 2.75) is 32.2 Å². The van der Waals surface area contributed by atoms with Crippen LogP contribution >= 0.6 is 0 Å². The van der Waals surface area contributed by atoms with E-state index < -0.39 is 5.54 Å². The fraction of sp³-hybridized carbons (Fsp3) is 0.176. The average molecular weight is 501 g/mol. The maximum absolute atomic E-state index is 11.7. The Hall–Kier alpha value is -4.44. The van der Waals surface area contributed by atoms with Crippen molar-refractivity contribution in [2.24, 2.45) is 0 Å².